The minimum atomic E-state index is 0.998. The van der Waals surface area contributed by atoms with Crippen molar-refractivity contribution in [2.75, 3.05) is 0 Å². The van der Waals surface area contributed by atoms with Crippen LogP contribution in [0.5, 0.6) is 0 Å². The first kappa shape index (κ1) is 23.0. The zero-order valence-electron chi connectivity index (χ0n) is 16.4. The SMILES string of the molecule is [CH2]CCCCCCCCCCCCCC(CC)CCCCC[CH2]. The molecule has 1 unspecified atom stereocenters. The van der Waals surface area contributed by atoms with Gasteiger partial charge in [-0.05, 0) is 5.92 Å². The molecule has 0 aliphatic rings. The second-order valence-electron chi connectivity index (χ2n) is 7.51. The minimum absolute atomic E-state index is 0.998. The fourth-order valence-corrected chi connectivity index (χ4v) is 3.54. The minimum Gasteiger partial charge on any atom is -0.0651 e. The van der Waals surface area contributed by atoms with Crippen LogP contribution in [0.2, 0.25) is 0 Å². The van der Waals surface area contributed by atoms with Crippen LogP contribution in [0.4, 0.5) is 0 Å². The Morgan fingerprint density at radius 2 is 0.783 bits per heavy atom. The van der Waals surface area contributed by atoms with Gasteiger partial charge in [0.15, 0.2) is 0 Å². The Labute approximate surface area is 149 Å². The normalized spacial score (nSPS) is 12.7. The second-order valence-corrected chi connectivity index (χ2v) is 7.51. The summed E-state index contributed by atoms with van der Waals surface area (Å²) in [7, 11) is 0. The maximum absolute atomic E-state index is 3.93. The van der Waals surface area contributed by atoms with E-state index in [1.165, 1.54) is 109 Å². The number of hydrogen-bond acceptors (Lipinski definition) is 0. The van der Waals surface area contributed by atoms with E-state index >= 15 is 0 Å². The Morgan fingerprint density at radius 3 is 1.13 bits per heavy atom. The Balaban J connectivity index is 3.21. The van der Waals surface area contributed by atoms with Crippen LogP contribution in [0.3, 0.4) is 0 Å². The number of hydrogen-bond donors (Lipinski definition) is 0. The summed E-state index contributed by atoms with van der Waals surface area (Å²) in [5.41, 5.74) is 0. The molecule has 0 rings (SSSR count). The van der Waals surface area contributed by atoms with Gasteiger partial charge >= 0.3 is 0 Å². The Bertz CT molecular complexity index is 196. The molecule has 0 nitrogen and oxygen atoms in total. The first-order chi connectivity index (χ1) is 11.3. The third-order valence-corrected chi connectivity index (χ3v) is 5.30. The average molecular weight is 323 g/mol. The van der Waals surface area contributed by atoms with Crippen LogP contribution >= 0.6 is 0 Å². The second kappa shape index (κ2) is 20.0. The smallest absolute Gasteiger partial charge is 0.0417 e. The Morgan fingerprint density at radius 1 is 0.478 bits per heavy atom. The van der Waals surface area contributed by atoms with E-state index < -0.39 is 0 Å². The van der Waals surface area contributed by atoms with Gasteiger partial charge in [0.2, 0.25) is 0 Å². The summed E-state index contributed by atoms with van der Waals surface area (Å²) in [6, 6.07) is 0. The van der Waals surface area contributed by atoms with E-state index in [4.69, 9.17) is 0 Å². The van der Waals surface area contributed by atoms with Crippen molar-refractivity contribution in [3.05, 3.63) is 13.8 Å². The van der Waals surface area contributed by atoms with E-state index in [0.717, 1.165) is 18.8 Å². The first-order valence-corrected chi connectivity index (χ1v) is 10.9. The molecular weight excluding hydrogens is 276 g/mol. The molecule has 23 heavy (non-hydrogen) atoms. The largest absolute Gasteiger partial charge is 0.0651 e. The van der Waals surface area contributed by atoms with Crippen molar-refractivity contribution in [3.8, 4) is 0 Å². The van der Waals surface area contributed by atoms with Crippen molar-refractivity contribution in [2.45, 2.75) is 129 Å². The highest BCUT2D eigenvalue weighted by Crippen LogP contribution is 2.21. The summed E-state index contributed by atoms with van der Waals surface area (Å²) in [6.07, 6.45) is 26.6. The van der Waals surface area contributed by atoms with Crippen LogP contribution in [0.25, 0.3) is 0 Å². The lowest BCUT2D eigenvalue weighted by molar-refractivity contribution is 0.394. The molecule has 0 aromatic heterocycles. The van der Waals surface area contributed by atoms with Gasteiger partial charge in [-0.15, -0.1) is 0 Å². The van der Waals surface area contributed by atoms with E-state index in [9.17, 15) is 0 Å². The van der Waals surface area contributed by atoms with Gasteiger partial charge in [0.05, 0.1) is 0 Å². The maximum atomic E-state index is 3.93. The van der Waals surface area contributed by atoms with E-state index in [0.29, 0.717) is 0 Å². The molecule has 138 valence electrons. The van der Waals surface area contributed by atoms with Crippen molar-refractivity contribution in [1.29, 1.82) is 0 Å². The molecule has 0 spiro atoms. The molecule has 0 bridgehead atoms. The summed E-state index contributed by atoms with van der Waals surface area (Å²) in [5, 5.41) is 0. The van der Waals surface area contributed by atoms with Crippen LogP contribution in [0.15, 0.2) is 0 Å². The third kappa shape index (κ3) is 18.2. The van der Waals surface area contributed by atoms with Crippen molar-refractivity contribution < 1.29 is 0 Å². The maximum Gasteiger partial charge on any atom is -0.0417 e. The fourth-order valence-electron chi connectivity index (χ4n) is 3.54. The van der Waals surface area contributed by atoms with Crippen molar-refractivity contribution >= 4 is 0 Å². The highest BCUT2D eigenvalue weighted by Gasteiger charge is 2.05. The standard InChI is InChI=1S/C23H46/c1-4-7-9-11-12-13-14-15-16-17-18-20-22-23(6-3)21-19-10-8-5-2/h23H,1-2,4-22H2,3H3. The molecule has 0 saturated carbocycles. The molecule has 0 aromatic carbocycles. The lowest BCUT2D eigenvalue weighted by Crippen LogP contribution is -1.99. The summed E-state index contributed by atoms with van der Waals surface area (Å²) in [6.45, 7) is 10.2. The Hall–Kier alpha value is 0. The molecule has 0 N–H and O–H groups in total. The first-order valence-electron chi connectivity index (χ1n) is 10.9. The van der Waals surface area contributed by atoms with Crippen LogP contribution in [-0.4, -0.2) is 0 Å². The lowest BCUT2D eigenvalue weighted by atomic mass is 9.92. The van der Waals surface area contributed by atoms with Gasteiger partial charge < -0.3 is 0 Å². The van der Waals surface area contributed by atoms with Crippen molar-refractivity contribution in [1.82, 2.24) is 0 Å². The van der Waals surface area contributed by atoms with Gasteiger partial charge in [0.25, 0.3) is 0 Å². The van der Waals surface area contributed by atoms with Crippen molar-refractivity contribution in [2.24, 2.45) is 5.92 Å². The van der Waals surface area contributed by atoms with Crippen molar-refractivity contribution in [3.63, 3.8) is 0 Å². The lowest BCUT2D eigenvalue weighted by Gasteiger charge is -2.14. The molecule has 0 heteroatoms. The van der Waals surface area contributed by atoms with E-state index in [1.807, 2.05) is 0 Å². The molecule has 0 heterocycles. The highest BCUT2D eigenvalue weighted by molar-refractivity contribution is 4.59. The van der Waals surface area contributed by atoms with E-state index in [-0.39, 0.29) is 0 Å². The molecule has 0 aliphatic carbocycles. The summed E-state index contributed by atoms with van der Waals surface area (Å²) in [5.74, 6) is 0.998. The van der Waals surface area contributed by atoms with Gasteiger partial charge in [-0.25, -0.2) is 0 Å². The van der Waals surface area contributed by atoms with E-state index in [1.54, 1.807) is 0 Å². The van der Waals surface area contributed by atoms with Crippen LogP contribution in [0.1, 0.15) is 129 Å². The zero-order chi connectivity index (χ0) is 17.0. The molecule has 1 atom stereocenters. The van der Waals surface area contributed by atoms with Crippen LogP contribution in [-0.2, 0) is 0 Å². The predicted molar refractivity (Wildman–Crippen MR) is 108 cm³/mol. The highest BCUT2D eigenvalue weighted by atomic mass is 14.1. The number of unbranched alkanes of at least 4 members (excludes halogenated alkanes) is 14. The third-order valence-electron chi connectivity index (χ3n) is 5.30. The molecule has 0 saturated heterocycles. The molecule has 0 amide bonds. The molecule has 0 fully saturated rings. The Kier molecular flexibility index (Phi) is 20.0. The molecule has 0 aromatic rings. The predicted octanol–water partition coefficient (Wildman–Crippen LogP) is 8.70. The van der Waals surface area contributed by atoms with Gasteiger partial charge in [-0.2, -0.15) is 0 Å². The topological polar surface area (TPSA) is 0 Å². The van der Waals surface area contributed by atoms with Gasteiger partial charge in [0, 0.05) is 0 Å². The summed E-state index contributed by atoms with van der Waals surface area (Å²) in [4.78, 5) is 0. The zero-order valence-corrected chi connectivity index (χ0v) is 16.4. The fraction of sp³-hybridized carbons (Fsp3) is 0.913. The molecule has 2 radical (unpaired) electrons. The van der Waals surface area contributed by atoms with Gasteiger partial charge in [0.1, 0.15) is 0 Å². The van der Waals surface area contributed by atoms with Crippen LogP contribution < -0.4 is 0 Å². The van der Waals surface area contributed by atoms with Crippen LogP contribution in [0, 0.1) is 19.8 Å². The number of rotatable bonds is 19. The average Bonchev–Trinajstić information content (AvgIpc) is 2.57. The molecule has 0 aliphatic heterocycles. The molecular formula is C23H46. The quantitative estimate of drug-likeness (QED) is 0.209. The van der Waals surface area contributed by atoms with Gasteiger partial charge in [-0.3, -0.25) is 0 Å². The van der Waals surface area contributed by atoms with Gasteiger partial charge in [-0.1, -0.05) is 143 Å². The summed E-state index contributed by atoms with van der Waals surface area (Å²) >= 11 is 0. The monoisotopic (exact) mass is 322 g/mol. The van der Waals surface area contributed by atoms with E-state index in [2.05, 4.69) is 20.8 Å². The summed E-state index contributed by atoms with van der Waals surface area (Å²) < 4.78 is 0.